The van der Waals surface area contributed by atoms with Gasteiger partial charge in [-0.3, -0.25) is 4.79 Å². The number of carbonyl (C=O) groups excluding carboxylic acids is 1. The third-order valence-electron chi connectivity index (χ3n) is 3.84. The van der Waals surface area contributed by atoms with Crippen molar-refractivity contribution in [2.24, 2.45) is 0 Å². The fourth-order valence-electron chi connectivity index (χ4n) is 2.26. The molecular formula is C19H17IN2O2. The molecule has 4 nitrogen and oxygen atoms in total. The summed E-state index contributed by atoms with van der Waals surface area (Å²) in [6, 6.07) is 13.5. The van der Waals surface area contributed by atoms with E-state index in [1.54, 1.807) is 24.5 Å². The van der Waals surface area contributed by atoms with Crippen LogP contribution in [0.25, 0.3) is 0 Å². The second kappa shape index (κ2) is 7.17. The summed E-state index contributed by atoms with van der Waals surface area (Å²) in [6.07, 6.45) is 3.36. The zero-order valence-electron chi connectivity index (χ0n) is 13.5. The molecule has 2 aromatic carbocycles. The Bertz CT molecular complexity index is 869. The first-order valence-corrected chi connectivity index (χ1v) is 8.64. The summed E-state index contributed by atoms with van der Waals surface area (Å²) in [7, 11) is 0. The summed E-state index contributed by atoms with van der Waals surface area (Å²) in [5.74, 6) is 0.712. The summed E-state index contributed by atoms with van der Waals surface area (Å²) >= 11 is 2.13. The highest BCUT2D eigenvalue weighted by Crippen LogP contribution is 2.18. The Morgan fingerprint density at radius 3 is 2.50 bits per heavy atom. The number of nitrogens with zero attached hydrogens (tertiary/aromatic N) is 2. The molecule has 1 aromatic heterocycles. The SMILES string of the molecule is Cc1ccc(OCc2ccc(C(=O)n3cc(I)cn3)cc2)cc1C. The summed E-state index contributed by atoms with van der Waals surface area (Å²) in [4.78, 5) is 12.3. The summed E-state index contributed by atoms with van der Waals surface area (Å²) < 4.78 is 8.09. The molecule has 0 bridgehead atoms. The van der Waals surface area contributed by atoms with Gasteiger partial charge in [-0.2, -0.15) is 5.10 Å². The van der Waals surface area contributed by atoms with Gasteiger partial charge in [0.15, 0.2) is 0 Å². The number of aryl methyl sites for hydroxylation is 2. The Labute approximate surface area is 154 Å². The van der Waals surface area contributed by atoms with E-state index >= 15 is 0 Å². The molecule has 0 radical (unpaired) electrons. The predicted molar refractivity (Wildman–Crippen MR) is 101 cm³/mol. The van der Waals surface area contributed by atoms with Crippen molar-refractivity contribution in [3.05, 3.63) is 80.7 Å². The van der Waals surface area contributed by atoms with Crippen LogP contribution in [0, 0.1) is 17.4 Å². The van der Waals surface area contributed by atoms with Crippen LogP contribution in [0.3, 0.4) is 0 Å². The van der Waals surface area contributed by atoms with Gasteiger partial charge in [-0.1, -0.05) is 18.2 Å². The predicted octanol–water partition coefficient (Wildman–Crippen LogP) is 4.37. The molecule has 5 heteroatoms. The molecular weight excluding hydrogens is 415 g/mol. The average molecular weight is 432 g/mol. The van der Waals surface area contributed by atoms with E-state index in [2.05, 4.69) is 47.6 Å². The topological polar surface area (TPSA) is 44.1 Å². The lowest BCUT2D eigenvalue weighted by Crippen LogP contribution is -2.12. The normalized spacial score (nSPS) is 10.6. The standard InChI is InChI=1S/C19H17IN2O2/c1-13-3-8-18(9-14(13)2)24-12-15-4-6-16(7-5-15)19(23)22-11-17(20)10-21-22/h3-11H,12H2,1-2H3. The van der Waals surface area contributed by atoms with Crippen LogP contribution in [-0.4, -0.2) is 15.7 Å². The largest absolute Gasteiger partial charge is 0.489 e. The van der Waals surface area contributed by atoms with Crippen LogP contribution in [0.1, 0.15) is 27.0 Å². The molecule has 0 aliphatic rings. The zero-order valence-corrected chi connectivity index (χ0v) is 15.6. The minimum Gasteiger partial charge on any atom is -0.489 e. The van der Waals surface area contributed by atoms with Crippen LogP contribution in [0.4, 0.5) is 0 Å². The van der Waals surface area contributed by atoms with Crippen LogP contribution in [0.5, 0.6) is 5.75 Å². The maximum Gasteiger partial charge on any atom is 0.278 e. The van der Waals surface area contributed by atoms with Gasteiger partial charge in [-0.05, 0) is 77.4 Å². The van der Waals surface area contributed by atoms with Gasteiger partial charge in [0.1, 0.15) is 12.4 Å². The van der Waals surface area contributed by atoms with Crippen molar-refractivity contribution in [2.75, 3.05) is 0 Å². The number of aromatic nitrogens is 2. The fraction of sp³-hybridized carbons (Fsp3) is 0.158. The second-order valence-electron chi connectivity index (χ2n) is 5.64. The minimum atomic E-state index is -0.139. The molecule has 122 valence electrons. The Morgan fingerprint density at radius 2 is 1.88 bits per heavy atom. The van der Waals surface area contributed by atoms with Crippen LogP contribution < -0.4 is 4.74 Å². The molecule has 0 amide bonds. The van der Waals surface area contributed by atoms with Crippen LogP contribution in [0.15, 0.2) is 54.9 Å². The van der Waals surface area contributed by atoms with Crippen molar-refractivity contribution in [2.45, 2.75) is 20.5 Å². The number of halogens is 1. The average Bonchev–Trinajstić information content (AvgIpc) is 3.02. The van der Waals surface area contributed by atoms with E-state index in [1.165, 1.54) is 15.8 Å². The van der Waals surface area contributed by atoms with Crippen molar-refractivity contribution in [3.8, 4) is 5.75 Å². The Morgan fingerprint density at radius 1 is 1.12 bits per heavy atom. The number of carbonyl (C=O) groups is 1. The quantitative estimate of drug-likeness (QED) is 0.576. The van der Waals surface area contributed by atoms with Gasteiger partial charge < -0.3 is 4.74 Å². The molecule has 0 saturated heterocycles. The lowest BCUT2D eigenvalue weighted by molar-refractivity contribution is 0.0945. The van der Waals surface area contributed by atoms with E-state index in [1.807, 2.05) is 24.3 Å². The van der Waals surface area contributed by atoms with Gasteiger partial charge in [0, 0.05) is 11.8 Å². The smallest absolute Gasteiger partial charge is 0.278 e. The summed E-state index contributed by atoms with van der Waals surface area (Å²) in [5.41, 5.74) is 4.07. The van der Waals surface area contributed by atoms with Gasteiger partial charge >= 0.3 is 0 Å². The number of benzene rings is 2. The Balaban J connectivity index is 1.66. The van der Waals surface area contributed by atoms with Crippen molar-refractivity contribution in [1.29, 1.82) is 0 Å². The van der Waals surface area contributed by atoms with Crippen LogP contribution >= 0.6 is 22.6 Å². The number of hydrogen-bond donors (Lipinski definition) is 0. The van der Waals surface area contributed by atoms with Crippen molar-refractivity contribution < 1.29 is 9.53 Å². The van der Waals surface area contributed by atoms with E-state index in [9.17, 15) is 4.79 Å². The zero-order chi connectivity index (χ0) is 17.1. The summed E-state index contributed by atoms with van der Waals surface area (Å²) in [6.45, 7) is 4.62. The highest BCUT2D eigenvalue weighted by atomic mass is 127. The van der Waals surface area contributed by atoms with Gasteiger partial charge in [-0.25, -0.2) is 4.68 Å². The first-order valence-electron chi connectivity index (χ1n) is 7.57. The maximum atomic E-state index is 12.3. The molecule has 0 aliphatic heterocycles. The molecule has 0 saturated carbocycles. The van der Waals surface area contributed by atoms with E-state index in [-0.39, 0.29) is 5.91 Å². The molecule has 3 rings (SSSR count). The lowest BCUT2D eigenvalue weighted by atomic mass is 10.1. The first kappa shape index (κ1) is 16.7. The van der Waals surface area contributed by atoms with Crippen molar-refractivity contribution in [1.82, 2.24) is 9.78 Å². The molecule has 0 unspecified atom stereocenters. The van der Waals surface area contributed by atoms with Gasteiger partial charge in [0.25, 0.3) is 5.91 Å². The maximum absolute atomic E-state index is 12.3. The van der Waals surface area contributed by atoms with E-state index in [0.717, 1.165) is 14.9 Å². The summed E-state index contributed by atoms with van der Waals surface area (Å²) in [5, 5.41) is 4.04. The molecule has 0 N–H and O–H groups in total. The molecule has 0 aliphatic carbocycles. The second-order valence-corrected chi connectivity index (χ2v) is 6.89. The third-order valence-corrected chi connectivity index (χ3v) is 4.40. The highest BCUT2D eigenvalue weighted by Gasteiger charge is 2.09. The van der Waals surface area contributed by atoms with Gasteiger partial charge in [-0.15, -0.1) is 0 Å². The van der Waals surface area contributed by atoms with Crippen molar-refractivity contribution >= 4 is 28.5 Å². The molecule has 24 heavy (non-hydrogen) atoms. The first-order chi connectivity index (χ1) is 11.5. The number of ether oxygens (including phenoxy) is 1. The molecule has 3 aromatic rings. The van der Waals surface area contributed by atoms with Crippen molar-refractivity contribution in [3.63, 3.8) is 0 Å². The molecule has 1 heterocycles. The molecule has 0 atom stereocenters. The Hall–Kier alpha value is -2.15. The molecule has 0 fully saturated rings. The number of rotatable bonds is 4. The minimum absolute atomic E-state index is 0.139. The van der Waals surface area contributed by atoms with E-state index in [0.29, 0.717) is 12.2 Å². The fourth-order valence-corrected chi connectivity index (χ4v) is 2.65. The van der Waals surface area contributed by atoms with Gasteiger partial charge in [0.2, 0.25) is 0 Å². The van der Waals surface area contributed by atoms with Gasteiger partial charge in [0.05, 0.1) is 9.77 Å². The number of hydrogen-bond acceptors (Lipinski definition) is 3. The Kier molecular flexibility index (Phi) is 4.99. The van der Waals surface area contributed by atoms with E-state index in [4.69, 9.17) is 4.74 Å². The molecule has 0 spiro atoms. The van der Waals surface area contributed by atoms with Crippen LogP contribution in [0.2, 0.25) is 0 Å². The third kappa shape index (κ3) is 3.84. The monoisotopic (exact) mass is 432 g/mol. The van der Waals surface area contributed by atoms with Crippen LogP contribution in [-0.2, 0) is 6.61 Å². The lowest BCUT2D eigenvalue weighted by Gasteiger charge is -2.09. The van der Waals surface area contributed by atoms with E-state index < -0.39 is 0 Å². The highest BCUT2D eigenvalue weighted by molar-refractivity contribution is 14.1.